The molecular formula is C28H23F3O4. The number of hydrogen-bond acceptors (Lipinski definition) is 4. The van der Waals surface area contributed by atoms with Crippen molar-refractivity contribution in [2.45, 2.75) is 18.7 Å². The fourth-order valence-corrected chi connectivity index (χ4v) is 4.70. The predicted molar refractivity (Wildman–Crippen MR) is 128 cm³/mol. The Kier molecular flexibility index (Phi) is 5.71. The van der Waals surface area contributed by atoms with Gasteiger partial charge in [-0.1, -0.05) is 42.5 Å². The van der Waals surface area contributed by atoms with Crippen LogP contribution in [-0.4, -0.2) is 21.3 Å². The van der Waals surface area contributed by atoms with Gasteiger partial charge in [-0.05, 0) is 46.3 Å². The molecule has 0 radical (unpaired) electrons. The molecule has 0 aromatic heterocycles. The topological polar surface area (TPSA) is 36.9 Å². The predicted octanol–water partition coefficient (Wildman–Crippen LogP) is 7.23. The van der Waals surface area contributed by atoms with E-state index in [-0.39, 0.29) is 0 Å². The number of benzene rings is 4. The lowest BCUT2D eigenvalue weighted by molar-refractivity contribution is -0.137. The van der Waals surface area contributed by atoms with E-state index in [1.807, 2.05) is 42.5 Å². The highest BCUT2D eigenvalue weighted by Gasteiger charge is 2.33. The molecule has 0 aliphatic carbocycles. The highest BCUT2D eigenvalue weighted by atomic mass is 19.4. The fourth-order valence-electron chi connectivity index (χ4n) is 4.70. The maximum atomic E-state index is 13.0. The van der Waals surface area contributed by atoms with Gasteiger partial charge in [-0.2, -0.15) is 13.2 Å². The van der Waals surface area contributed by atoms with Crippen LogP contribution in [0.1, 0.15) is 22.8 Å². The zero-order valence-electron chi connectivity index (χ0n) is 19.4. The summed E-state index contributed by atoms with van der Waals surface area (Å²) in [5.74, 6) is 2.22. The molecule has 4 aromatic carbocycles. The third-order valence-corrected chi connectivity index (χ3v) is 6.35. The molecule has 1 aliphatic rings. The minimum Gasteiger partial charge on any atom is -0.493 e. The monoisotopic (exact) mass is 480 g/mol. The van der Waals surface area contributed by atoms with Gasteiger partial charge in [-0.3, -0.25) is 0 Å². The van der Waals surface area contributed by atoms with E-state index in [9.17, 15) is 13.2 Å². The molecule has 35 heavy (non-hydrogen) atoms. The van der Waals surface area contributed by atoms with E-state index in [1.165, 1.54) is 12.1 Å². The van der Waals surface area contributed by atoms with Gasteiger partial charge in [0.25, 0.3) is 0 Å². The van der Waals surface area contributed by atoms with Gasteiger partial charge in [0.2, 0.25) is 5.75 Å². The van der Waals surface area contributed by atoms with E-state index in [0.717, 1.165) is 39.6 Å². The van der Waals surface area contributed by atoms with E-state index in [1.54, 1.807) is 21.3 Å². The molecule has 7 heteroatoms. The molecule has 0 saturated carbocycles. The first-order valence-corrected chi connectivity index (χ1v) is 11.0. The Hall–Kier alpha value is -3.87. The molecule has 180 valence electrons. The quantitative estimate of drug-likeness (QED) is 0.302. The number of alkyl halides is 3. The molecule has 0 saturated heterocycles. The van der Waals surface area contributed by atoms with Crippen LogP contribution >= 0.6 is 0 Å². The Morgan fingerprint density at radius 3 is 2.11 bits per heavy atom. The van der Waals surface area contributed by atoms with Crippen molar-refractivity contribution in [3.8, 4) is 34.1 Å². The molecule has 1 heterocycles. The van der Waals surface area contributed by atoms with E-state index in [2.05, 4.69) is 0 Å². The minimum atomic E-state index is -4.38. The molecule has 4 aromatic rings. The van der Waals surface area contributed by atoms with Gasteiger partial charge in [0.15, 0.2) is 11.5 Å². The van der Waals surface area contributed by atoms with E-state index >= 15 is 0 Å². The largest absolute Gasteiger partial charge is 0.493 e. The molecule has 4 nitrogen and oxygen atoms in total. The van der Waals surface area contributed by atoms with Gasteiger partial charge < -0.3 is 18.9 Å². The first-order chi connectivity index (χ1) is 16.9. The lowest BCUT2D eigenvalue weighted by atomic mass is 9.91. The molecule has 0 bridgehead atoms. The summed E-state index contributed by atoms with van der Waals surface area (Å²) < 4.78 is 62.4. The van der Waals surface area contributed by atoms with Gasteiger partial charge in [0.05, 0.1) is 26.9 Å². The maximum Gasteiger partial charge on any atom is 0.416 e. The van der Waals surface area contributed by atoms with Gasteiger partial charge in [0, 0.05) is 17.4 Å². The first-order valence-electron chi connectivity index (χ1n) is 11.0. The summed E-state index contributed by atoms with van der Waals surface area (Å²) in [6.07, 6.45) is -4.31. The third-order valence-electron chi connectivity index (χ3n) is 6.35. The summed E-state index contributed by atoms with van der Waals surface area (Å²) in [6.45, 7) is 0. The van der Waals surface area contributed by atoms with Crippen LogP contribution in [0, 0.1) is 0 Å². The molecule has 0 N–H and O–H groups in total. The average Bonchev–Trinajstić information content (AvgIpc) is 3.31. The highest BCUT2D eigenvalue weighted by Crippen LogP contribution is 2.52. The van der Waals surface area contributed by atoms with Gasteiger partial charge in [-0.15, -0.1) is 0 Å². The fraction of sp³-hybridized carbons (Fsp3) is 0.214. The highest BCUT2D eigenvalue weighted by molar-refractivity contribution is 6.06. The van der Waals surface area contributed by atoms with Crippen LogP contribution in [-0.2, 0) is 12.6 Å². The summed E-state index contributed by atoms with van der Waals surface area (Å²) in [5, 5.41) is 1.73. The van der Waals surface area contributed by atoms with Gasteiger partial charge in [0.1, 0.15) is 11.9 Å². The Bertz CT molecular complexity index is 1380. The molecular weight excluding hydrogens is 457 g/mol. The number of ether oxygens (including phenoxy) is 4. The number of methoxy groups -OCH3 is 3. The molecule has 1 aliphatic heterocycles. The van der Waals surface area contributed by atoms with Crippen LogP contribution in [0.2, 0.25) is 0 Å². The summed E-state index contributed by atoms with van der Waals surface area (Å²) in [4.78, 5) is 0. The summed E-state index contributed by atoms with van der Waals surface area (Å²) in [6, 6.07) is 18.8. The molecule has 5 rings (SSSR count). The Labute approximate surface area is 200 Å². The molecule has 1 unspecified atom stereocenters. The Morgan fingerprint density at radius 2 is 1.51 bits per heavy atom. The number of hydrogen-bond donors (Lipinski definition) is 0. The smallest absolute Gasteiger partial charge is 0.416 e. The third kappa shape index (κ3) is 3.91. The van der Waals surface area contributed by atoms with Crippen LogP contribution in [0.15, 0.2) is 66.7 Å². The van der Waals surface area contributed by atoms with Gasteiger partial charge >= 0.3 is 6.18 Å². The zero-order valence-corrected chi connectivity index (χ0v) is 19.4. The minimum absolute atomic E-state index is 0.416. The lowest BCUT2D eigenvalue weighted by Gasteiger charge is -2.19. The first kappa shape index (κ1) is 22.9. The van der Waals surface area contributed by atoms with Crippen LogP contribution in [0.5, 0.6) is 23.0 Å². The van der Waals surface area contributed by atoms with Crippen molar-refractivity contribution in [2.24, 2.45) is 0 Å². The van der Waals surface area contributed by atoms with Crippen molar-refractivity contribution in [2.75, 3.05) is 21.3 Å². The van der Waals surface area contributed by atoms with Crippen molar-refractivity contribution in [1.82, 2.24) is 0 Å². The Morgan fingerprint density at radius 1 is 0.829 bits per heavy atom. The maximum absolute atomic E-state index is 13.0. The van der Waals surface area contributed by atoms with E-state index < -0.39 is 17.8 Å². The average molecular weight is 480 g/mol. The van der Waals surface area contributed by atoms with Crippen LogP contribution in [0.4, 0.5) is 13.2 Å². The van der Waals surface area contributed by atoms with E-state index in [4.69, 9.17) is 18.9 Å². The molecule has 0 amide bonds. The molecule has 1 atom stereocenters. The SMILES string of the molecule is COc1cc2c3c(cc(-c4ccccc4)c2c(OC)c1OC)OC(c1ccc(C(F)(F)F)cc1)C3. The van der Waals surface area contributed by atoms with Crippen molar-refractivity contribution in [3.05, 3.63) is 83.4 Å². The van der Waals surface area contributed by atoms with E-state index in [0.29, 0.717) is 35.0 Å². The van der Waals surface area contributed by atoms with Crippen LogP contribution in [0.25, 0.3) is 21.9 Å². The summed E-state index contributed by atoms with van der Waals surface area (Å²) >= 11 is 0. The van der Waals surface area contributed by atoms with Crippen LogP contribution < -0.4 is 18.9 Å². The Balaban J connectivity index is 1.70. The van der Waals surface area contributed by atoms with Crippen molar-refractivity contribution in [1.29, 1.82) is 0 Å². The standard InChI is InChI=1S/C28H23F3O4/c1-32-24-15-21-20-14-22(17-9-11-18(12-10-17)28(29,30)31)35-23(20)13-19(16-7-5-4-6-8-16)25(21)27(34-3)26(24)33-2/h4-13,15,22H,14H2,1-3H3. The van der Waals surface area contributed by atoms with Crippen molar-refractivity contribution < 1.29 is 32.1 Å². The number of fused-ring (bicyclic) bond motifs is 3. The number of halogens is 3. The van der Waals surface area contributed by atoms with Crippen molar-refractivity contribution in [3.63, 3.8) is 0 Å². The second kappa shape index (κ2) is 8.73. The number of rotatable bonds is 5. The molecule has 0 spiro atoms. The van der Waals surface area contributed by atoms with Gasteiger partial charge in [-0.25, -0.2) is 0 Å². The van der Waals surface area contributed by atoms with Crippen LogP contribution in [0.3, 0.4) is 0 Å². The normalized spacial score (nSPS) is 15.0. The second-order valence-corrected chi connectivity index (χ2v) is 8.27. The summed E-state index contributed by atoms with van der Waals surface area (Å²) in [7, 11) is 4.71. The summed E-state index contributed by atoms with van der Waals surface area (Å²) in [5.41, 5.74) is 2.78. The zero-order chi connectivity index (χ0) is 24.7. The van der Waals surface area contributed by atoms with Crippen molar-refractivity contribution >= 4 is 10.8 Å². The molecule has 0 fully saturated rings. The lowest BCUT2D eigenvalue weighted by Crippen LogP contribution is -2.07. The second-order valence-electron chi connectivity index (χ2n) is 8.27.